The van der Waals surface area contributed by atoms with Crippen LogP contribution >= 0.6 is 11.3 Å². The van der Waals surface area contributed by atoms with Crippen LogP contribution in [-0.2, 0) is 23.1 Å². The maximum absolute atomic E-state index is 13.7. The van der Waals surface area contributed by atoms with E-state index in [2.05, 4.69) is 4.72 Å². The molecular formula is C14H17FN2O2S2. The van der Waals surface area contributed by atoms with Gasteiger partial charge in [0.1, 0.15) is 5.82 Å². The number of rotatable bonds is 5. The van der Waals surface area contributed by atoms with Gasteiger partial charge < -0.3 is 5.73 Å². The minimum Gasteiger partial charge on any atom is -0.326 e. The molecule has 0 radical (unpaired) electrons. The number of nitrogens with two attached hydrogens (primary N) is 1. The number of hydrogen-bond donors (Lipinski definition) is 2. The van der Waals surface area contributed by atoms with Crippen molar-refractivity contribution >= 4 is 21.4 Å². The van der Waals surface area contributed by atoms with Crippen molar-refractivity contribution in [1.29, 1.82) is 0 Å². The molecule has 0 atom stereocenters. The molecule has 1 aromatic carbocycles. The molecule has 7 heteroatoms. The largest absolute Gasteiger partial charge is 0.326 e. The Morgan fingerprint density at radius 1 is 1.29 bits per heavy atom. The van der Waals surface area contributed by atoms with Crippen molar-refractivity contribution in [2.45, 2.75) is 31.8 Å². The van der Waals surface area contributed by atoms with E-state index < -0.39 is 15.8 Å². The zero-order chi connectivity index (χ0) is 15.6. The monoisotopic (exact) mass is 328 g/mol. The number of sulfonamides is 1. The molecule has 0 fully saturated rings. The lowest BCUT2D eigenvalue weighted by atomic mass is 10.1. The normalized spacial score (nSPS) is 11.8. The topological polar surface area (TPSA) is 72.2 Å². The second-order valence-electron chi connectivity index (χ2n) is 4.77. The summed E-state index contributed by atoms with van der Waals surface area (Å²) in [7, 11) is -3.69. The average Bonchev–Trinajstić information content (AvgIpc) is 2.85. The van der Waals surface area contributed by atoms with Crippen LogP contribution in [0.2, 0.25) is 0 Å². The number of hydrogen-bond acceptors (Lipinski definition) is 4. The van der Waals surface area contributed by atoms with Gasteiger partial charge in [-0.3, -0.25) is 0 Å². The quantitative estimate of drug-likeness (QED) is 0.885. The lowest BCUT2D eigenvalue weighted by molar-refractivity contribution is 0.578. The molecule has 2 aromatic rings. The Balaban J connectivity index is 2.27. The van der Waals surface area contributed by atoms with Crippen LogP contribution in [0.4, 0.5) is 4.39 Å². The van der Waals surface area contributed by atoms with E-state index >= 15 is 0 Å². The summed E-state index contributed by atoms with van der Waals surface area (Å²) >= 11 is 1.49. The molecule has 0 spiro atoms. The minimum atomic E-state index is -3.69. The van der Waals surface area contributed by atoms with Crippen LogP contribution in [0.5, 0.6) is 0 Å². The third kappa shape index (κ3) is 3.49. The van der Waals surface area contributed by atoms with Crippen LogP contribution in [0, 0.1) is 19.7 Å². The van der Waals surface area contributed by atoms with E-state index in [-0.39, 0.29) is 29.1 Å². The van der Waals surface area contributed by atoms with Crippen molar-refractivity contribution < 1.29 is 12.8 Å². The second-order valence-corrected chi connectivity index (χ2v) is 7.54. The Kier molecular flexibility index (Phi) is 4.77. The third-order valence-corrected chi connectivity index (χ3v) is 5.63. The third-order valence-electron chi connectivity index (χ3n) is 3.22. The molecule has 1 heterocycles. The second kappa shape index (κ2) is 6.23. The smallest absolute Gasteiger partial charge is 0.240 e. The van der Waals surface area contributed by atoms with Crippen molar-refractivity contribution in [3.05, 3.63) is 51.0 Å². The number of benzene rings is 1. The minimum absolute atomic E-state index is 0.0380. The van der Waals surface area contributed by atoms with E-state index in [0.717, 1.165) is 10.4 Å². The van der Waals surface area contributed by atoms with Gasteiger partial charge in [-0.25, -0.2) is 17.5 Å². The van der Waals surface area contributed by atoms with Gasteiger partial charge in [-0.15, -0.1) is 11.3 Å². The molecule has 0 saturated carbocycles. The number of nitrogens with one attached hydrogen (secondary N) is 1. The Labute approximate surface area is 127 Å². The summed E-state index contributed by atoms with van der Waals surface area (Å²) in [5.41, 5.74) is 6.96. The van der Waals surface area contributed by atoms with Crippen molar-refractivity contribution in [3.63, 3.8) is 0 Å². The molecule has 0 unspecified atom stereocenters. The molecule has 4 nitrogen and oxygen atoms in total. The molecular weight excluding hydrogens is 311 g/mol. The summed E-state index contributed by atoms with van der Waals surface area (Å²) in [5.74, 6) is -0.453. The van der Waals surface area contributed by atoms with E-state index in [1.54, 1.807) is 0 Å². The first-order chi connectivity index (χ1) is 9.85. The summed E-state index contributed by atoms with van der Waals surface area (Å²) in [5, 5.41) is 1.91. The lowest BCUT2D eigenvalue weighted by Gasteiger charge is -2.10. The van der Waals surface area contributed by atoms with Crippen LogP contribution in [0.25, 0.3) is 0 Å². The summed E-state index contributed by atoms with van der Waals surface area (Å²) in [4.78, 5) is 0.993. The number of aryl methyl sites for hydroxylation is 2. The van der Waals surface area contributed by atoms with E-state index in [4.69, 9.17) is 5.73 Å². The van der Waals surface area contributed by atoms with Gasteiger partial charge in [-0.1, -0.05) is 0 Å². The Morgan fingerprint density at radius 3 is 2.57 bits per heavy atom. The molecule has 0 saturated heterocycles. The van der Waals surface area contributed by atoms with Crippen molar-refractivity contribution in [2.24, 2.45) is 5.73 Å². The Bertz CT molecular complexity index is 754. The fourth-order valence-electron chi connectivity index (χ4n) is 1.94. The van der Waals surface area contributed by atoms with Gasteiger partial charge in [0.25, 0.3) is 0 Å². The van der Waals surface area contributed by atoms with Crippen LogP contribution < -0.4 is 10.5 Å². The van der Waals surface area contributed by atoms with Gasteiger partial charge in [0.2, 0.25) is 10.0 Å². The average molecular weight is 328 g/mol. The SMILES string of the molecule is Cc1ccsc1CNS(=O)(=O)c1cc(C)c(F)c(CN)c1. The highest BCUT2D eigenvalue weighted by Crippen LogP contribution is 2.20. The molecule has 21 heavy (non-hydrogen) atoms. The van der Waals surface area contributed by atoms with Gasteiger partial charge in [0.15, 0.2) is 0 Å². The summed E-state index contributed by atoms with van der Waals surface area (Å²) in [6.07, 6.45) is 0. The van der Waals surface area contributed by atoms with Gasteiger partial charge in [-0.2, -0.15) is 0 Å². The maximum atomic E-state index is 13.7. The van der Waals surface area contributed by atoms with E-state index in [1.165, 1.54) is 30.4 Å². The van der Waals surface area contributed by atoms with Crippen LogP contribution in [-0.4, -0.2) is 8.42 Å². The number of thiophene rings is 1. The molecule has 3 N–H and O–H groups in total. The van der Waals surface area contributed by atoms with Crippen LogP contribution in [0.1, 0.15) is 21.6 Å². The predicted octanol–water partition coefficient (Wildman–Crippen LogP) is 2.44. The van der Waals surface area contributed by atoms with Crippen LogP contribution in [0.15, 0.2) is 28.5 Å². The van der Waals surface area contributed by atoms with Crippen molar-refractivity contribution in [3.8, 4) is 0 Å². The molecule has 0 aliphatic heterocycles. The molecule has 114 valence electrons. The fourth-order valence-corrected chi connectivity index (χ4v) is 4.01. The standard InChI is InChI=1S/C14H17FN2O2S2/c1-9-3-4-20-13(9)8-17-21(18,19)12-5-10(2)14(15)11(6-12)7-16/h3-6,17H,7-8,16H2,1-2H3. The first kappa shape index (κ1) is 16.1. The summed E-state index contributed by atoms with van der Waals surface area (Å²) < 4.78 is 40.9. The van der Waals surface area contributed by atoms with Crippen LogP contribution in [0.3, 0.4) is 0 Å². The van der Waals surface area contributed by atoms with Crippen molar-refractivity contribution in [2.75, 3.05) is 0 Å². The maximum Gasteiger partial charge on any atom is 0.240 e. The van der Waals surface area contributed by atoms with E-state index in [9.17, 15) is 12.8 Å². The highest BCUT2D eigenvalue weighted by atomic mass is 32.2. The first-order valence-electron chi connectivity index (χ1n) is 6.37. The zero-order valence-corrected chi connectivity index (χ0v) is 13.4. The van der Waals surface area contributed by atoms with Gasteiger partial charge in [0.05, 0.1) is 4.90 Å². The van der Waals surface area contributed by atoms with E-state index in [0.29, 0.717) is 0 Å². The Hall–Kier alpha value is -1.28. The zero-order valence-electron chi connectivity index (χ0n) is 11.8. The molecule has 0 aliphatic rings. The first-order valence-corrected chi connectivity index (χ1v) is 8.73. The van der Waals surface area contributed by atoms with Gasteiger partial charge in [0, 0.05) is 23.5 Å². The van der Waals surface area contributed by atoms with Gasteiger partial charge in [-0.05, 0) is 48.6 Å². The molecule has 1 aromatic heterocycles. The summed E-state index contributed by atoms with van der Waals surface area (Å²) in [6.45, 7) is 3.63. The molecule has 0 amide bonds. The van der Waals surface area contributed by atoms with Crippen molar-refractivity contribution in [1.82, 2.24) is 4.72 Å². The molecule has 0 aliphatic carbocycles. The lowest BCUT2D eigenvalue weighted by Crippen LogP contribution is -2.23. The Morgan fingerprint density at radius 2 is 2.00 bits per heavy atom. The highest BCUT2D eigenvalue weighted by molar-refractivity contribution is 7.89. The van der Waals surface area contributed by atoms with Gasteiger partial charge >= 0.3 is 0 Å². The summed E-state index contributed by atoms with van der Waals surface area (Å²) in [6, 6.07) is 4.53. The molecule has 0 bridgehead atoms. The number of halogens is 1. The molecule has 2 rings (SSSR count). The highest BCUT2D eigenvalue weighted by Gasteiger charge is 2.18. The fraction of sp³-hybridized carbons (Fsp3) is 0.286. The van der Waals surface area contributed by atoms with E-state index in [1.807, 2.05) is 18.4 Å². The predicted molar refractivity (Wildman–Crippen MR) is 82.1 cm³/mol.